The minimum absolute atomic E-state index is 0.150. The van der Waals surface area contributed by atoms with Crippen LogP contribution in [0.1, 0.15) is 148 Å². The zero-order chi connectivity index (χ0) is 29.9. The molecule has 5 heteroatoms. The van der Waals surface area contributed by atoms with E-state index in [1.165, 1.54) is 56.9 Å². The summed E-state index contributed by atoms with van der Waals surface area (Å²) in [5.74, 6) is 2.14. The van der Waals surface area contributed by atoms with Crippen molar-refractivity contribution < 1.29 is 23.8 Å². The van der Waals surface area contributed by atoms with Crippen LogP contribution in [0, 0.1) is 5.92 Å². The standard InChI is InChI=1S/C36H58O5/c1-6-7-11-16-30-18-20-31(21-19-30)32-22-24-33(25-23-32)39-27-14-9-8-13-26-36(4,5)41-34(37)17-12-10-15-28-40-35(38)29(2)3/h22-25,30-31H,2,6-21,26-28H2,1,3-5H3. The van der Waals surface area contributed by atoms with Crippen molar-refractivity contribution in [1.29, 1.82) is 0 Å². The molecular weight excluding hydrogens is 512 g/mol. The predicted molar refractivity (Wildman–Crippen MR) is 168 cm³/mol. The second-order valence-corrected chi connectivity index (χ2v) is 12.8. The van der Waals surface area contributed by atoms with Crippen LogP contribution in [0.2, 0.25) is 0 Å². The molecule has 1 aromatic rings. The average Bonchev–Trinajstić information content (AvgIpc) is 2.94. The maximum atomic E-state index is 12.2. The highest BCUT2D eigenvalue weighted by molar-refractivity contribution is 5.86. The summed E-state index contributed by atoms with van der Waals surface area (Å²) < 4.78 is 16.8. The van der Waals surface area contributed by atoms with E-state index in [9.17, 15) is 9.59 Å². The van der Waals surface area contributed by atoms with Crippen LogP contribution in [0.4, 0.5) is 0 Å². The molecule has 1 saturated carbocycles. The van der Waals surface area contributed by atoms with Crippen molar-refractivity contribution in [1.82, 2.24) is 0 Å². The quantitative estimate of drug-likeness (QED) is 0.0836. The molecule has 1 aliphatic rings. The van der Waals surface area contributed by atoms with Gasteiger partial charge in [0, 0.05) is 12.0 Å². The monoisotopic (exact) mass is 570 g/mol. The molecule has 0 N–H and O–H groups in total. The van der Waals surface area contributed by atoms with Gasteiger partial charge in [-0.1, -0.05) is 64.2 Å². The molecule has 232 valence electrons. The van der Waals surface area contributed by atoms with E-state index in [0.717, 1.165) is 75.6 Å². The number of hydrogen-bond donors (Lipinski definition) is 0. The minimum atomic E-state index is -0.444. The van der Waals surface area contributed by atoms with Gasteiger partial charge in [-0.05, 0) is 115 Å². The van der Waals surface area contributed by atoms with Crippen molar-refractivity contribution in [3.8, 4) is 5.75 Å². The van der Waals surface area contributed by atoms with Gasteiger partial charge in [-0.2, -0.15) is 0 Å². The molecule has 5 nitrogen and oxygen atoms in total. The molecular formula is C36H58O5. The number of esters is 2. The van der Waals surface area contributed by atoms with Crippen LogP contribution in [0.25, 0.3) is 0 Å². The molecule has 0 amide bonds. The maximum absolute atomic E-state index is 12.2. The van der Waals surface area contributed by atoms with Crippen LogP contribution < -0.4 is 4.74 Å². The Kier molecular flexibility index (Phi) is 16.8. The fraction of sp³-hybridized carbons (Fsp3) is 0.722. The van der Waals surface area contributed by atoms with E-state index < -0.39 is 5.60 Å². The highest BCUT2D eigenvalue weighted by Gasteiger charge is 2.23. The first-order valence-corrected chi connectivity index (χ1v) is 16.5. The molecule has 1 fully saturated rings. The van der Waals surface area contributed by atoms with Crippen LogP contribution in [0.15, 0.2) is 36.4 Å². The van der Waals surface area contributed by atoms with Gasteiger partial charge >= 0.3 is 11.9 Å². The fourth-order valence-electron chi connectivity index (χ4n) is 5.75. The van der Waals surface area contributed by atoms with Gasteiger partial charge in [0.2, 0.25) is 0 Å². The number of carbonyl (C=O) groups is 2. The lowest BCUT2D eigenvalue weighted by Crippen LogP contribution is -2.27. The predicted octanol–water partition coefficient (Wildman–Crippen LogP) is 9.87. The molecule has 0 radical (unpaired) electrons. The summed E-state index contributed by atoms with van der Waals surface area (Å²) in [4.78, 5) is 23.6. The first-order chi connectivity index (χ1) is 19.7. The molecule has 0 heterocycles. The number of rotatable bonds is 21. The first kappa shape index (κ1) is 34.9. The lowest BCUT2D eigenvalue weighted by atomic mass is 9.77. The summed E-state index contributed by atoms with van der Waals surface area (Å²) in [6, 6.07) is 8.86. The zero-order valence-corrected chi connectivity index (χ0v) is 26.6. The summed E-state index contributed by atoms with van der Waals surface area (Å²) in [6.45, 7) is 12.6. The Morgan fingerprint density at radius 3 is 2.20 bits per heavy atom. The molecule has 0 aromatic heterocycles. The third-order valence-corrected chi connectivity index (χ3v) is 8.35. The van der Waals surface area contributed by atoms with Gasteiger partial charge in [0.05, 0.1) is 13.2 Å². The summed E-state index contributed by atoms with van der Waals surface area (Å²) >= 11 is 0. The van der Waals surface area contributed by atoms with Crippen molar-refractivity contribution in [2.75, 3.05) is 13.2 Å². The van der Waals surface area contributed by atoms with E-state index in [0.29, 0.717) is 18.6 Å². The third-order valence-electron chi connectivity index (χ3n) is 8.35. The largest absolute Gasteiger partial charge is 0.494 e. The fourth-order valence-corrected chi connectivity index (χ4v) is 5.75. The summed E-state index contributed by atoms with van der Waals surface area (Å²) in [5, 5.41) is 0. The number of hydrogen-bond acceptors (Lipinski definition) is 5. The molecule has 0 unspecified atom stereocenters. The van der Waals surface area contributed by atoms with Gasteiger partial charge < -0.3 is 14.2 Å². The summed E-state index contributed by atoms with van der Waals surface area (Å²) in [6.07, 6.45) is 18.9. The Hall–Kier alpha value is -2.30. The maximum Gasteiger partial charge on any atom is 0.333 e. The van der Waals surface area contributed by atoms with Crippen molar-refractivity contribution in [3.63, 3.8) is 0 Å². The van der Waals surface area contributed by atoms with Gasteiger partial charge in [-0.25, -0.2) is 4.79 Å². The van der Waals surface area contributed by atoms with Crippen LogP contribution in [-0.4, -0.2) is 30.8 Å². The van der Waals surface area contributed by atoms with E-state index in [2.05, 4.69) is 37.8 Å². The lowest BCUT2D eigenvalue weighted by molar-refractivity contribution is -0.157. The van der Waals surface area contributed by atoms with E-state index in [4.69, 9.17) is 14.2 Å². The Labute approximate surface area is 250 Å². The van der Waals surface area contributed by atoms with Crippen molar-refractivity contribution in [2.24, 2.45) is 5.92 Å². The molecule has 0 bridgehead atoms. The normalized spacial score (nSPS) is 17.2. The topological polar surface area (TPSA) is 61.8 Å². The molecule has 0 atom stereocenters. The Balaban J connectivity index is 1.49. The number of ether oxygens (including phenoxy) is 3. The van der Waals surface area contributed by atoms with Gasteiger partial charge in [0.15, 0.2) is 0 Å². The SMILES string of the molecule is C=C(C)C(=O)OCCCCCC(=O)OC(C)(C)CCCCCCOc1ccc(C2CCC(CCCCC)CC2)cc1. The van der Waals surface area contributed by atoms with Crippen LogP contribution in [0.3, 0.4) is 0 Å². The second kappa shape index (κ2) is 19.8. The summed E-state index contributed by atoms with van der Waals surface area (Å²) in [5.41, 5.74) is 1.44. The molecule has 0 spiro atoms. The van der Waals surface area contributed by atoms with E-state index in [1.807, 2.05) is 13.8 Å². The van der Waals surface area contributed by atoms with Crippen LogP contribution in [-0.2, 0) is 19.1 Å². The van der Waals surface area contributed by atoms with Gasteiger partial charge in [0.1, 0.15) is 11.4 Å². The third kappa shape index (κ3) is 15.5. The van der Waals surface area contributed by atoms with Crippen LogP contribution >= 0.6 is 0 Å². The Morgan fingerprint density at radius 2 is 1.51 bits per heavy atom. The Bertz CT molecular complexity index is 880. The van der Waals surface area contributed by atoms with E-state index in [1.54, 1.807) is 6.92 Å². The Morgan fingerprint density at radius 1 is 0.854 bits per heavy atom. The first-order valence-electron chi connectivity index (χ1n) is 16.5. The van der Waals surface area contributed by atoms with Crippen molar-refractivity contribution >= 4 is 11.9 Å². The molecule has 41 heavy (non-hydrogen) atoms. The molecule has 0 aliphatic heterocycles. The zero-order valence-electron chi connectivity index (χ0n) is 26.6. The van der Waals surface area contributed by atoms with Crippen LogP contribution in [0.5, 0.6) is 5.75 Å². The van der Waals surface area contributed by atoms with E-state index in [-0.39, 0.29) is 11.9 Å². The second-order valence-electron chi connectivity index (χ2n) is 12.8. The van der Waals surface area contributed by atoms with Gasteiger partial charge in [-0.15, -0.1) is 0 Å². The number of carbonyl (C=O) groups excluding carboxylic acids is 2. The highest BCUT2D eigenvalue weighted by atomic mass is 16.6. The van der Waals surface area contributed by atoms with E-state index >= 15 is 0 Å². The van der Waals surface area contributed by atoms with Crippen molar-refractivity contribution in [3.05, 3.63) is 42.0 Å². The average molecular weight is 571 g/mol. The molecule has 1 aromatic carbocycles. The number of benzene rings is 1. The minimum Gasteiger partial charge on any atom is -0.494 e. The molecule has 0 saturated heterocycles. The lowest BCUT2D eigenvalue weighted by Gasteiger charge is -2.29. The van der Waals surface area contributed by atoms with Gasteiger partial charge in [0.25, 0.3) is 0 Å². The number of unbranched alkanes of at least 4 members (excludes halogenated alkanes) is 7. The molecule has 1 aliphatic carbocycles. The molecule has 2 rings (SSSR count). The van der Waals surface area contributed by atoms with Crippen molar-refractivity contribution in [2.45, 2.75) is 148 Å². The summed E-state index contributed by atoms with van der Waals surface area (Å²) in [7, 11) is 0. The van der Waals surface area contributed by atoms with Gasteiger partial charge in [-0.3, -0.25) is 4.79 Å². The smallest absolute Gasteiger partial charge is 0.333 e. The highest BCUT2D eigenvalue weighted by Crippen LogP contribution is 2.38.